The number of hydrogen-bond acceptors (Lipinski definition) is 4. The average Bonchev–Trinajstić information content (AvgIpc) is 2.85. The zero-order valence-corrected chi connectivity index (χ0v) is 10.00. The number of aryl methyl sites for hydroxylation is 1. The van der Waals surface area contributed by atoms with Crippen molar-refractivity contribution in [2.75, 3.05) is 13.1 Å². The standard InChI is InChI=1S/C9H16N4O2S/c1-13-5-3-8(12-13)6-11-16(14,15)9-2-4-10-7-9/h3,5,9-11H,2,4,6-7H2,1H3. The lowest BCUT2D eigenvalue weighted by Gasteiger charge is -2.10. The van der Waals surface area contributed by atoms with Crippen LogP contribution < -0.4 is 10.0 Å². The predicted octanol–water partition coefficient (Wildman–Crippen LogP) is -0.799. The highest BCUT2D eigenvalue weighted by Crippen LogP contribution is 2.08. The summed E-state index contributed by atoms with van der Waals surface area (Å²) in [5, 5.41) is 6.85. The van der Waals surface area contributed by atoms with Crippen molar-refractivity contribution in [3.8, 4) is 0 Å². The molecule has 1 aliphatic rings. The maximum Gasteiger partial charge on any atom is 0.216 e. The Hall–Kier alpha value is -0.920. The molecule has 0 amide bonds. The van der Waals surface area contributed by atoms with Gasteiger partial charge in [0.05, 0.1) is 17.5 Å². The molecule has 16 heavy (non-hydrogen) atoms. The highest BCUT2D eigenvalue weighted by molar-refractivity contribution is 7.90. The lowest BCUT2D eigenvalue weighted by atomic mass is 10.4. The second-order valence-corrected chi connectivity index (χ2v) is 6.01. The minimum Gasteiger partial charge on any atom is -0.315 e. The molecule has 1 aromatic heterocycles. The topological polar surface area (TPSA) is 76.0 Å². The molecule has 1 saturated heterocycles. The molecule has 0 aromatic carbocycles. The largest absolute Gasteiger partial charge is 0.315 e. The summed E-state index contributed by atoms with van der Waals surface area (Å²) in [5.74, 6) is 0. The van der Waals surface area contributed by atoms with Crippen LogP contribution in [0, 0.1) is 0 Å². The highest BCUT2D eigenvalue weighted by atomic mass is 32.2. The fraction of sp³-hybridized carbons (Fsp3) is 0.667. The van der Waals surface area contributed by atoms with Crippen LogP contribution in [0.25, 0.3) is 0 Å². The molecule has 2 heterocycles. The van der Waals surface area contributed by atoms with Crippen LogP contribution in [-0.2, 0) is 23.6 Å². The van der Waals surface area contributed by atoms with Crippen molar-refractivity contribution >= 4 is 10.0 Å². The molecule has 0 saturated carbocycles. The van der Waals surface area contributed by atoms with Gasteiger partial charge >= 0.3 is 0 Å². The second kappa shape index (κ2) is 4.52. The average molecular weight is 244 g/mol. The maximum atomic E-state index is 11.8. The Morgan fingerprint density at radius 1 is 1.69 bits per heavy atom. The second-order valence-electron chi connectivity index (χ2n) is 3.96. The third-order valence-electron chi connectivity index (χ3n) is 2.68. The van der Waals surface area contributed by atoms with Crippen LogP contribution in [0.2, 0.25) is 0 Å². The van der Waals surface area contributed by atoms with E-state index in [2.05, 4.69) is 15.1 Å². The lowest BCUT2D eigenvalue weighted by molar-refractivity contribution is 0.566. The first-order valence-corrected chi connectivity index (χ1v) is 6.80. The number of aromatic nitrogens is 2. The summed E-state index contributed by atoms with van der Waals surface area (Å²) in [5.41, 5.74) is 0.733. The Labute approximate surface area is 95.1 Å². The van der Waals surface area contributed by atoms with Gasteiger partial charge in [-0.15, -0.1) is 0 Å². The third kappa shape index (κ3) is 2.60. The molecule has 2 rings (SSSR count). The van der Waals surface area contributed by atoms with Crippen LogP contribution in [0.5, 0.6) is 0 Å². The number of nitrogens with zero attached hydrogens (tertiary/aromatic N) is 2. The van der Waals surface area contributed by atoms with Gasteiger partial charge in [-0.2, -0.15) is 5.10 Å². The monoisotopic (exact) mass is 244 g/mol. The summed E-state index contributed by atoms with van der Waals surface area (Å²) < 4.78 is 27.9. The van der Waals surface area contributed by atoms with Crippen molar-refractivity contribution in [2.45, 2.75) is 18.2 Å². The van der Waals surface area contributed by atoms with Gasteiger partial charge in [-0.05, 0) is 19.0 Å². The number of hydrogen-bond donors (Lipinski definition) is 2. The van der Waals surface area contributed by atoms with E-state index in [0.29, 0.717) is 13.0 Å². The van der Waals surface area contributed by atoms with Gasteiger partial charge in [-0.25, -0.2) is 13.1 Å². The molecule has 1 aromatic rings. The molecule has 90 valence electrons. The third-order valence-corrected chi connectivity index (χ3v) is 4.50. The Kier molecular flexibility index (Phi) is 3.27. The molecule has 1 fully saturated rings. The fourth-order valence-corrected chi connectivity index (χ4v) is 3.09. The van der Waals surface area contributed by atoms with Crippen LogP contribution in [0.3, 0.4) is 0 Å². The molecule has 2 N–H and O–H groups in total. The van der Waals surface area contributed by atoms with E-state index in [1.54, 1.807) is 24.0 Å². The van der Waals surface area contributed by atoms with E-state index in [4.69, 9.17) is 0 Å². The molecule has 6 nitrogen and oxygen atoms in total. The Morgan fingerprint density at radius 2 is 2.50 bits per heavy atom. The van der Waals surface area contributed by atoms with Crippen molar-refractivity contribution in [1.29, 1.82) is 0 Å². The summed E-state index contributed by atoms with van der Waals surface area (Å²) >= 11 is 0. The Bertz CT molecular complexity index is 448. The van der Waals surface area contributed by atoms with Crippen LogP contribution in [0.4, 0.5) is 0 Å². The Balaban J connectivity index is 1.94. The predicted molar refractivity (Wildman–Crippen MR) is 60.2 cm³/mol. The number of rotatable bonds is 4. The normalized spacial score (nSPS) is 21.4. The van der Waals surface area contributed by atoms with Gasteiger partial charge in [0.1, 0.15) is 0 Å². The van der Waals surface area contributed by atoms with Crippen LogP contribution in [0.1, 0.15) is 12.1 Å². The summed E-state index contributed by atoms with van der Waals surface area (Å²) in [6.45, 7) is 1.58. The molecule has 1 unspecified atom stereocenters. The summed E-state index contributed by atoms with van der Waals surface area (Å²) in [6.07, 6.45) is 2.47. The number of sulfonamides is 1. The molecule has 0 radical (unpaired) electrons. The molecule has 7 heteroatoms. The zero-order valence-electron chi connectivity index (χ0n) is 9.18. The Morgan fingerprint density at radius 3 is 3.06 bits per heavy atom. The van der Waals surface area contributed by atoms with Crippen LogP contribution in [-0.4, -0.2) is 36.5 Å². The molecule has 1 aliphatic heterocycles. The van der Waals surface area contributed by atoms with Gasteiger partial charge in [0.15, 0.2) is 0 Å². The summed E-state index contributed by atoms with van der Waals surface area (Å²) in [7, 11) is -1.41. The summed E-state index contributed by atoms with van der Waals surface area (Å²) in [6, 6.07) is 1.80. The van der Waals surface area contributed by atoms with Gasteiger partial charge in [0, 0.05) is 19.8 Å². The van der Waals surface area contributed by atoms with E-state index in [0.717, 1.165) is 12.2 Å². The molecular weight excluding hydrogens is 228 g/mol. The molecule has 0 bridgehead atoms. The van der Waals surface area contributed by atoms with Crippen molar-refractivity contribution in [3.63, 3.8) is 0 Å². The SMILES string of the molecule is Cn1ccc(CNS(=O)(=O)C2CCNC2)n1. The quantitative estimate of drug-likeness (QED) is 0.727. The van der Waals surface area contributed by atoms with Crippen LogP contribution in [0.15, 0.2) is 12.3 Å². The van der Waals surface area contributed by atoms with Gasteiger partial charge < -0.3 is 5.32 Å². The first-order chi connectivity index (χ1) is 7.58. The van der Waals surface area contributed by atoms with E-state index in [1.807, 2.05) is 0 Å². The molecule has 0 aliphatic carbocycles. The van der Waals surface area contributed by atoms with Gasteiger partial charge in [0.2, 0.25) is 10.0 Å². The minimum atomic E-state index is -3.21. The van der Waals surface area contributed by atoms with E-state index < -0.39 is 10.0 Å². The number of nitrogens with one attached hydrogen (secondary N) is 2. The smallest absolute Gasteiger partial charge is 0.216 e. The van der Waals surface area contributed by atoms with E-state index in [1.165, 1.54) is 0 Å². The molecular formula is C9H16N4O2S. The minimum absolute atomic E-state index is 0.264. The van der Waals surface area contributed by atoms with Crippen molar-refractivity contribution in [2.24, 2.45) is 7.05 Å². The van der Waals surface area contributed by atoms with E-state index in [9.17, 15) is 8.42 Å². The first kappa shape index (κ1) is 11.6. The van der Waals surface area contributed by atoms with Crippen molar-refractivity contribution in [1.82, 2.24) is 19.8 Å². The van der Waals surface area contributed by atoms with E-state index >= 15 is 0 Å². The lowest BCUT2D eigenvalue weighted by Crippen LogP contribution is -2.35. The fourth-order valence-electron chi connectivity index (χ4n) is 1.74. The van der Waals surface area contributed by atoms with Gasteiger partial charge in [-0.3, -0.25) is 4.68 Å². The first-order valence-electron chi connectivity index (χ1n) is 5.25. The highest BCUT2D eigenvalue weighted by Gasteiger charge is 2.28. The van der Waals surface area contributed by atoms with Gasteiger partial charge in [0.25, 0.3) is 0 Å². The maximum absolute atomic E-state index is 11.8. The van der Waals surface area contributed by atoms with Crippen molar-refractivity contribution in [3.05, 3.63) is 18.0 Å². The van der Waals surface area contributed by atoms with Crippen molar-refractivity contribution < 1.29 is 8.42 Å². The zero-order chi connectivity index (χ0) is 11.6. The van der Waals surface area contributed by atoms with E-state index in [-0.39, 0.29) is 11.8 Å². The molecule has 1 atom stereocenters. The van der Waals surface area contributed by atoms with Gasteiger partial charge in [-0.1, -0.05) is 0 Å². The summed E-state index contributed by atoms with van der Waals surface area (Å²) in [4.78, 5) is 0. The molecule has 0 spiro atoms. The van der Waals surface area contributed by atoms with Crippen LogP contribution >= 0.6 is 0 Å².